The lowest BCUT2D eigenvalue weighted by Gasteiger charge is -2.24. The number of aryl methyl sites for hydroxylation is 1. The average molecular weight is 295 g/mol. The Morgan fingerprint density at radius 2 is 1.86 bits per heavy atom. The Hall–Kier alpha value is -1.64. The maximum Gasteiger partial charge on any atom is 0.0920 e. The van der Waals surface area contributed by atoms with Crippen LogP contribution in [-0.4, -0.2) is 17.2 Å². The van der Waals surface area contributed by atoms with Gasteiger partial charge in [-0.15, -0.1) is 0 Å². The predicted molar refractivity (Wildman–Crippen MR) is 92.1 cm³/mol. The molecular weight excluding hydrogens is 270 g/mol. The van der Waals surface area contributed by atoms with Crippen LogP contribution in [0, 0.1) is 6.92 Å². The van der Waals surface area contributed by atoms with Crippen LogP contribution in [0.4, 0.5) is 0 Å². The zero-order valence-corrected chi connectivity index (χ0v) is 13.9. The van der Waals surface area contributed by atoms with Gasteiger partial charge in [-0.25, -0.2) is 0 Å². The van der Waals surface area contributed by atoms with E-state index in [9.17, 15) is 5.11 Å². The SMILES string of the molecule is Cc1ccc([C@@H](O)CNC(C)(C)C)c2c1Cc1ccccc1-2. The van der Waals surface area contributed by atoms with Crippen LogP contribution in [0.3, 0.4) is 0 Å². The summed E-state index contributed by atoms with van der Waals surface area (Å²) in [7, 11) is 0. The van der Waals surface area contributed by atoms with Crippen molar-refractivity contribution in [3.63, 3.8) is 0 Å². The number of aliphatic hydroxyl groups excluding tert-OH is 1. The highest BCUT2D eigenvalue weighted by Gasteiger charge is 2.25. The standard InChI is InChI=1S/C20H25NO/c1-13-9-10-16(18(22)12-21-20(2,3)4)19-15-8-6-5-7-14(15)11-17(13)19/h5-10,18,21-22H,11-12H2,1-4H3/t18-/m0/s1. The minimum atomic E-state index is -0.486. The largest absolute Gasteiger partial charge is 0.387 e. The summed E-state index contributed by atoms with van der Waals surface area (Å²) < 4.78 is 0. The number of nitrogens with one attached hydrogen (secondary N) is 1. The number of hydrogen-bond donors (Lipinski definition) is 2. The zero-order valence-electron chi connectivity index (χ0n) is 13.9. The molecule has 0 bridgehead atoms. The number of rotatable bonds is 3. The normalized spacial score (nSPS) is 14.6. The van der Waals surface area contributed by atoms with Crippen molar-refractivity contribution < 1.29 is 5.11 Å². The summed E-state index contributed by atoms with van der Waals surface area (Å²) >= 11 is 0. The minimum absolute atomic E-state index is 0.00670. The molecule has 0 aromatic heterocycles. The van der Waals surface area contributed by atoms with Crippen LogP contribution in [0.15, 0.2) is 36.4 Å². The molecule has 2 heteroatoms. The van der Waals surface area contributed by atoms with Crippen molar-refractivity contribution in [1.29, 1.82) is 0 Å². The lowest BCUT2D eigenvalue weighted by molar-refractivity contribution is 0.164. The first kappa shape index (κ1) is 15.3. The third kappa shape index (κ3) is 2.81. The molecule has 0 heterocycles. The van der Waals surface area contributed by atoms with Gasteiger partial charge >= 0.3 is 0 Å². The smallest absolute Gasteiger partial charge is 0.0920 e. The van der Waals surface area contributed by atoms with Gasteiger partial charge in [0.25, 0.3) is 0 Å². The first-order chi connectivity index (χ1) is 10.4. The Morgan fingerprint density at radius 1 is 1.14 bits per heavy atom. The number of hydrogen-bond acceptors (Lipinski definition) is 2. The molecule has 3 rings (SSSR count). The molecule has 2 aromatic carbocycles. The van der Waals surface area contributed by atoms with Gasteiger partial charge in [-0.1, -0.05) is 36.4 Å². The molecule has 0 aliphatic heterocycles. The summed E-state index contributed by atoms with van der Waals surface area (Å²) in [6.45, 7) is 9.09. The van der Waals surface area contributed by atoms with Crippen LogP contribution in [0.2, 0.25) is 0 Å². The number of fused-ring (bicyclic) bond motifs is 3. The Bertz CT molecular complexity index is 697. The number of β-amino-alcohol motifs (C(OH)–C–C–N with tert-alkyl or cyclic N) is 1. The van der Waals surface area contributed by atoms with Gasteiger partial charge < -0.3 is 10.4 Å². The second-order valence-electron chi connectivity index (χ2n) is 7.31. The van der Waals surface area contributed by atoms with E-state index in [-0.39, 0.29) is 5.54 Å². The molecule has 0 saturated carbocycles. The van der Waals surface area contributed by atoms with Crippen molar-refractivity contribution in [2.45, 2.75) is 45.8 Å². The second kappa shape index (κ2) is 5.53. The van der Waals surface area contributed by atoms with Crippen molar-refractivity contribution in [3.05, 3.63) is 58.7 Å². The van der Waals surface area contributed by atoms with Gasteiger partial charge in [0.05, 0.1) is 6.10 Å². The highest BCUT2D eigenvalue weighted by atomic mass is 16.3. The van der Waals surface area contributed by atoms with Gasteiger partial charge in [0.15, 0.2) is 0 Å². The van der Waals surface area contributed by atoms with Crippen LogP contribution >= 0.6 is 0 Å². The monoisotopic (exact) mass is 295 g/mol. The highest BCUT2D eigenvalue weighted by molar-refractivity contribution is 5.81. The van der Waals surface area contributed by atoms with E-state index in [0.717, 1.165) is 12.0 Å². The predicted octanol–water partition coefficient (Wildman–Crippen LogP) is 3.99. The Kier molecular flexibility index (Phi) is 3.84. The van der Waals surface area contributed by atoms with Crippen molar-refractivity contribution in [1.82, 2.24) is 5.32 Å². The van der Waals surface area contributed by atoms with Crippen molar-refractivity contribution in [2.75, 3.05) is 6.54 Å². The summed E-state index contributed by atoms with van der Waals surface area (Å²) in [6, 6.07) is 12.8. The zero-order chi connectivity index (χ0) is 15.9. The van der Waals surface area contributed by atoms with Gasteiger partial charge in [-0.05, 0) is 67.5 Å². The summed E-state index contributed by atoms with van der Waals surface area (Å²) in [5, 5.41) is 14.1. The fourth-order valence-electron chi connectivity index (χ4n) is 3.22. The van der Waals surface area contributed by atoms with Crippen LogP contribution < -0.4 is 5.32 Å². The van der Waals surface area contributed by atoms with Gasteiger partial charge in [-0.2, -0.15) is 0 Å². The van der Waals surface area contributed by atoms with E-state index in [1.165, 1.54) is 27.8 Å². The van der Waals surface area contributed by atoms with Crippen molar-refractivity contribution >= 4 is 0 Å². The summed E-state index contributed by atoms with van der Waals surface area (Å²) in [6.07, 6.45) is 0.490. The van der Waals surface area contributed by atoms with Crippen LogP contribution in [0.5, 0.6) is 0 Å². The van der Waals surface area contributed by atoms with Crippen LogP contribution in [0.25, 0.3) is 11.1 Å². The first-order valence-electron chi connectivity index (χ1n) is 8.00. The van der Waals surface area contributed by atoms with E-state index >= 15 is 0 Å². The Labute approximate surface area is 133 Å². The highest BCUT2D eigenvalue weighted by Crippen LogP contribution is 2.42. The first-order valence-corrected chi connectivity index (χ1v) is 8.00. The number of benzene rings is 2. The molecule has 0 unspecified atom stereocenters. The molecule has 1 aliphatic rings. The van der Waals surface area contributed by atoms with Gasteiger partial charge in [-0.3, -0.25) is 0 Å². The van der Waals surface area contributed by atoms with Crippen LogP contribution in [0.1, 0.15) is 49.1 Å². The number of aliphatic hydroxyl groups is 1. The van der Waals surface area contributed by atoms with E-state index in [1.54, 1.807) is 0 Å². The third-order valence-electron chi connectivity index (χ3n) is 4.42. The molecule has 1 aliphatic carbocycles. The topological polar surface area (TPSA) is 32.3 Å². The molecular formula is C20H25NO. The molecule has 2 nitrogen and oxygen atoms in total. The lowest BCUT2D eigenvalue weighted by Crippen LogP contribution is -2.38. The van der Waals surface area contributed by atoms with E-state index in [2.05, 4.69) is 69.4 Å². The third-order valence-corrected chi connectivity index (χ3v) is 4.42. The minimum Gasteiger partial charge on any atom is -0.387 e. The van der Waals surface area contributed by atoms with Gasteiger partial charge in [0, 0.05) is 12.1 Å². The Morgan fingerprint density at radius 3 is 2.59 bits per heavy atom. The molecule has 2 N–H and O–H groups in total. The Balaban J connectivity index is 2.00. The van der Waals surface area contributed by atoms with E-state index in [1.807, 2.05) is 0 Å². The molecule has 0 amide bonds. The summed E-state index contributed by atoms with van der Waals surface area (Å²) in [4.78, 5) is 0. The molecule has 0 fully saturated rings. The quantitative estimate of drug-likeness (QED) is 0.766. The lowest BCUT2D eigenvalue weighted by atomic mass is 9.93. The molecule has 0 spiro atoms. The molecule has 0 saturated heterocycles. The molecule has 2 aromatic rings. The van der Waals surface area contributed by atoms with Crippen molar-refractivity contribution in [2.24, 2.45) is 0 Å². The molecule has 1 atom stereocenters. The van der Waals surface area contributed by atoms with Crippen molar-refractivity contribution in [3.8, 4) is 11.1 Å². The second-order valence-corrected chi connectivity index (χ2v) is 7.31. The maximum atomic E-state index is 10.7. The average Bonchev–Trinajstić information content (AvgIpc) is 2.85. The summed E-state index contributed by atoms with van der Waals surface area (Å²) in [5.41, 5.74) is 7.63. The van der Waals surface area contributed by atoms with E-state index in [0.29, 0.717) is 6.54 Å². The van der Waals surface area contributed by atoms with E-state index in [4.69, 9.17) is 0 Å². The molecule has 116 valence electrons. The van der Waals surface area contributed by atoms with Gasteiger partial charge in [0.2, 0.25) is 0 Å². The van der Waals surface area contributed by atoms with E-state index < -0.39 is 6.10 Å². The van der Waals surface area contributed by atoms with Crippen LogP contribution in [-0.2, 0) is 6.42 Å². The summed E-state index contributed by atoms with van der Waals surface area (Å²) in [5.74, 6) is 0. The fraction of sp³-hybridized carbons (Fsp3) is 0.400. The van der Waals surface area contributed by atoms with Gasteiger partial charge in [0.1, 0.15) is 0 Å². The molecule has 0 radical (unpaired) electrons. The molecule has 22 heavy (non-hydrogen) atoms. The fourth-order valence-corrected chi connectivity index (χ4v) is 3.22. The maximum absolute atomic E-state index is 10.7.